The molecule has 0 unspecified atom stereocenters. The molecular weight excluding hydrogens is 186 g/mol. The number of aryl methyl sites for hydroxylation is 2. The lowest BCUT2D eigenvalue weighted by Crippen LogP contribution is -2.06. The first-order valence-corrected chi connectivity index (χ1v) is 5.00. The number of rotatable bonds is 2. The molecule has 2 N–H and O–H groups in total. The SMILES string of the molecule is Cc1cccc(Cn2c(C)cnc2N)c1. The van der Waals surface area contributed by atoms with E-state index in [0.717, 1.165) is 12.2 Å². The van der Waals surface area contributed by atoms with Crippen LogP contribution in [0.15, 0.2) is 30.5 Å². The van der Waals surface area contributed by atoms with Crippen LogP contribution in [-0.2, 0) is 6.54 Å². The van der Waals surface area contributed by atoms with Crippen molar-refractivity contribution >= 4 is 5.95 Å². The number of benzene rings is 1. The van der Waals surface area contributed by atoms with Gasteiger partial charge in [-0.2, -0.15) is 0 Å². The summed E-state index contributed by atoms with van der Waals surface area (Å²) in [5.74, 6) is 0.578. The van der Waals surface area contributed by atoms with Crippen LogP contribution in [0.1, 0.15) is 16.8 Å². The predicted molar refractivity (Wildman–Crippen MR) is 61.7 cm³/mol. The summed E-state index contributed by atoms with van der Waals surface area (Å²) in [6.45, 7) is 4.89. The average molecular weight is 201 g/mol. The highest BCUT2D eigenvalue weighted by atomic mass is 15.1. The predicted octanol–water partition coefficient (Wildman–Crippen LogP) is 2.13. The van der Waals surface area contributed by atoms with Gasteiger partial charge in [-0.1, -0.05) is 29.8 Å². The van der Waals surface area contributed by atoms with Gasteiger partial charge in [0, 0.05) is 5.69 Å². The number of hydrogen-bond acceptors (Lipinski definition) is 2. The third kappa shape index (κ3) is 2.01. The zero-order valence-electron chi connectivity index (χ0n) is 9.07. The van der Waals surface area contributed by atoms with E-state index in [9.17, 15) is 0 Å². The third-order valence-electron chi connectivity index (χ3n) is 2.51. The lowest BCUT2D eigenvalue weighted by Gasteiger charge is -2.07. The van der Waals surface area contributed by atoms with Crippen molar-refractivity contribution in [3.63, 3.8) is 0 Å². The number of anilines is 1. The van der Waals surface area contributed by atoms with E-state index in [-0.39, 0.29) is 0 Å². The molecule has 2 rings (SSSR count). The Hall–Kier alpha value is -1.77. The molecular formula is C12H15N3. The average Bonchev–Trinajstić information content (AvgIpc) is 2.50. The van der Waals surface area contributed by atoms with Gasteiger partial charge in [0.05, 0.1) is 12.7 Å². The van der Waals surface area contributed by atoms with Gasteiger partial charge in [-0.3, -0.25) is 0 Å². The van der Waals surface area contributed by atoms with E-state index >= 15 is 0 Å². The minimum atomic E-state index is 0.578. The molecule has 0 radical (unpaired) electrons. The van der Waals surface area contributed by atoms with Crippen molar-refractivity contribution < 1.29 is 0 Å². The highest BCUT2D eigenvalue weighted by Gasteiger charge is 2.03. The molecule has 0 aliphatic carbocycles. The van der Waals surface area contributed by atoms with Crippen molar-refractivity contribution in [2.75, 3.05) is 5.73 Å². The van der Waals surface area contributed by atoms with Crippen molar-refractivity contribution in [2.24, 2.45) is 0 Å². The van der Waals surface area contributed by atoms with Crippen LogP contribution in [-0.4, -0.2) is 9.55 Å². The van der Waals surface area contributed by atoms with Gasteiger partial charge in [-0.05, 0) is 19.4 Å². The maximum absolute atomic E-state index is 5.78. The Morgan fingerprint density at radius 3 is 2.73 bits per heavy atom. The quantitative estimate of drug-likeness (QED) is 0.808. The molecule has 0 atom stereocenters. The zero-order chi connectivity index (χ0) is 10.8. The standard InChI is InChI=1S/C12H15N3/c1-9-4-3-5-11(6-9)8-15-10(2)7-14-12(15)13/h3-7H,8H2,1-2H3,(H2,13,14). The Morgan fingerprint density at radius 2 is 2.13 bits per heavy atom. The molecule has 0 aliphatic rings. The largest absolute Gasteiger partial charge is 0.369 e. The molecule has 2 aromatic rings. The van der Waals surface area contributed by atoms with Crippen molar-refractivity contribution in [3.8, 4) is 0 Å². The molecule has 0 fully saturated rings. The summed E-state index contributed by atoms with van der Waals surface area (Å²) >= 11 is 0. The maximum atomic E-state index is 5.78. The molecule has 0 amide bonds. The molecule has 0 saturated heterocycles. The molecule has 1 aromatic heterocycles. The third-order valence-corrected chi connectivity index (χ3v) is 2.51. The van der Waals surface area contributed by atoms with Crippen molar-refractivity contribution in [2.45, 2.75) is 20.4 Å². The summed E-state index contributed by atoms with van der Waals surface area (Å²) in [7, 11) is 0. The van der Waals surface area contributed by atoms with E-state index in [1.807, 2.05) is 11.5 Å². The van der Waals surface area contributed by atoms with E-state index in [4.69, 9.17) is 5.73 Å². The van der Waals surface area contributed by atoms with Gasteiger partial charge in [0.2, 0.25) is 5.95 Å². The lowest BCUT2D eigenvalue weighted by molar-refractivity contribution is 0.782. The molecule has 0 spiro atoms. The van der Waals surface area contributed by atoms with Gasteiger partial charge in [0.15, 0.2) is 0 Å². The fourth-order valence-electron chi connectivity index (χ4n) is 1.68. The fraction of sp³-hybridized carbons (Fsp3) is 0.250. The number of aromatic nitrogens is 2. The van der Waals surface area contributed by atoms with Crippen molar-refractivity contribution in [3.05, 3.63) is 47.3 Å². The van der Waals surface area contributed by atoms with Gasteiger partial charge < -0.3 is 10.3 Å². The molecule has 3 nitrogen and oxygen atoms in total. The Bertz CT molecular complexity index is 452. The van der Waals surface area contributed by atoms with Crippen LogP contribution in [0.2, 0.25) is 0 Å². The van der Waals surface area contributed by atoms with Gasteiger partial charge >= 0.3 is 0 Å². The smallest absolute Gasteiger partial charge is 0.200 e. The summed E-state index contributed by atoms with van der Waals surface area (Å²) in [6.07, 6.45) is 1.80. The highest BCUT2D eigenvalue weighted by molar-refractivity contribution is 5.27. The van der Waals surface area contributed by atoms with Crippen molar-refractivity contribution in [1.29, 1.82) is 0 Å². The molecule has 15 heavy (non-hydrogen) atoms. The monoisotopic (exact) mass is 201 g/mol. The Morgan fingerprint density at radius 1 is 1.33 bits per heavy atom. The second kappa shape index (κ2) is 3.77. The van der Waals surface area contributed by atoms with Crippen LogP contribution >= 0.6 is 0 Å². The number of hydrogen-bond donors (Lipinski definition) is 1. The number of nitrogen functional groups attached to an aromatic ring is 1. The first-order chi connectivity index (χ1) is 7.16. The maximum Gasteiger partial charge on any atom is 0.200 e. The van der Waals surface area contributed by atoms with Gasteiger partial charge in [-0.25, -0.2) is 4.98 Å². The summed E-state index contributed by atoms with van der Waals surface area (Å²) in [6, 6.07) is 8.42. The van der Waals surface area contributed by atoms with E-state index in [2.05, 4.69) is 36.2 Å². The lowest BCUT2D eigenvalue weighted by atomic mass is 10.1. The Kier molecular flexibility index (Phi) is 2.46. The number of nitrogens with two attached hydrogens (primary N) is 1. The molecule has 3 heteroatoms. The fourth-order valence-corrected chi connectivity index (χ4v) is 1.68. The van der Waals surface area contributed by atoms with Gasteiger partial charge in [0.25, 0.3) is 0 Å². The van der Waals surface area contributed by atoms with Crippen LogP contribution in [0, 0.1) is 13.8 Å². The molecule has 1 heterocycles. The zero-order valence-corrected chi connectivity index (χ0v) is 9.07. The molecule has 0 aliphatic heterocycles. The van der Waals surface area contributed by atoms with Crippen LogP contribution in [0.4, 0.5) is 5.95 Å². The first kappa shape index (κ1) is 9.77. The van der Waals surface area contributed by atoms with Gasteiger partial charge in [-0.15, -0.1) is 0 Å². The van der Waals surface area contributed by atoms with Gasteiger partial charge in [0.1, 0.15) is 0 Å². The summed E-state index contributed by atoms with van der Waals surface area (Å²) in [5.41, 5.74) is 9.39. The highest BCUT2D eigenvalue weighted by Crippen LogP contribution is 2.11. The number of nitrogens with zero attached hydrogens (tertiary/aromatic N) is 2. The normalized spacial score (nSPS) is 10.5. The minimum Gasteiger partial charge on any atom is -0.369 e. The number of imidazole rings is 1. The minimum absolute atomic E-state index is 0.578. The Labute approximate surface area is 89.6 Å². The Balaban J connectivity index is 2.29. The summed E-state index contributed by atoms with van der Waals surface area (Å²) in [5, 5.41) is 0. The van der Waals surface area contributed by atoms with Crippen LogP contribution in [0.25, 0.3) is 0 Å². The topological polar surface area (TPSA) is 43.8 Å². The second-order valence-electron chi connectivity index (χ2n) is 3.83. The molecule has 0 saturated carbocycles. The van der Waals surface area contributed by atoms with Crippen LogP contribution in [0.5, 0.6) is 0 Å². The first-order valence-electron chi connectivity index (χ1n) is 5.00. The van der Waals surface area contributed by atoms with Crippen molar-refractivity contribution in [1.82, 2.24) is 9.55 Å². The molecule has 1 aromatic carbocycles. The van der Waals surface area contributed by atoms with E-state index in [0.29, 0.717) is 5.95 Å². The second-order valence-corrected chi connectivity index (χ2v) is 3.83. The molecule has 0 bridgehead atoms. The summed E-state index contributed by atoms with van der Waals surface area (Å²) in [4.78, 5) is 4.08. The molecule has 78 valence electrons. The van der Waals surface area contributed by atoms with Crippen LogP contribution in [0.3, 0.4) is 0 Å². The van der Waals surface area contributed by atoms with E-state index < -0.39 is 0 Å². The van der Waals surface area contributed by atoms with Crippen LogP contribution < -0.4 is 5.73 Å². The summed E-state index contributed by atoms with van der Waals surface area (Å²) < 4.78 is 2.01. The van der Waals surface area contributed by atoms with E-state index in [1.165, 1.54) is 11.1 Å². The van der Waals surface area contributed by atoms with E-state index in [1.54, 1.807) is 6.20 Å².